The van der Waals surface area contributed by atoms with Crippen molar-refractivity contribution in [2.75, 3.05) is 36.9 Å². The van der Waals surface area contributed by atoms with E-state index in [0.29, 0.717) is 29.9 Å². The molecule has 0 aromatic heterocycles. The molecule has 1 aliphatic carbocycles. The molecule has 6 heteroatoms. The maximum atomic E-state index is 12.4. The SMILES string of the molecule is CC(=O)Nc1cccc(NC(=O)CN(CC2CCOC2)C2CC2)c1. The largest absolute Gasteiger partial charge is 0.381 e. The van der Waals surface area contributed by atoms with Crippen molar-refractivity contribution in [2.24, 2.45) is 5.92 Å². The Morgan fingerprint density at radius 3 is 2.58 bits per heavy atom. The quantitative estimate of drug-likeness (QED) is 0.802. The summed E-state index contributed by atoms with van der Waals surface area (Å²) in [7, 11) is 0. The van der Waals surface area contributed by atoms with E-state index in [1.54, 1.807) is 12.1 Å². The Morgan fingerprint density at radius 2 is 1.96 bits per heavy atom. The second kappa shape index (κ2) is 7.77. The molecule has 0 bridgehead atoms. The molecule has 130 valence electrons. The molecule has 1 aromatic carbocycles. The summed E-state index contributed by atoms with van der Waals surface area (Å²) in [5, 5.41) is 5.65. The van der Waals surface area contributed by atoms with Crippen LogP contribution in [-0.4, -0.2) is 49.1 Å². The Morgan fingerprint density at radius 1 is 1.21 bits per heavy atom. The number of benzene rings is 1. The number of hydrogen-bond donors (Lipinski definition) is 2. The lowest BCUT2D eigenvalue weighted by Gasteiger charge is -2.24. The van der Waals surface area contributed by atoms with Gasteiger partial charge in [0, 0.05) is 37.5 Å². The molecule has 1 saturated heterocycles. The molecule has 1 saturated carbocycles. The van der Waals surface area contributed by atoms with E-state index in [1.807, 2.05) is 12.1 Å². The van der Waals surface area contributed by atoms with Crippen molar-refractivity contribution in [1.29, 1.82) is 0 Å². The predicted molar refractivity (Wildman–Crippen MR) is 92.9 cm³/mol. The minimum absolute atomic E-state index is 0.0132. The van der Waals surface area contributed by atoms with Gasteiger partial charge < -0.3 is 15.4 Å². The number of anilines is 2. The van der Waals surface area contributed by atoms with Crippen molar-refractivity contribution in [2.45, 2.75) is 32.2 Å². The van der Waals surface area contributed by atoms with Gasteiger partial charge in [-0.05, 0) is 43.4 Å². The van der Waals surface area contributed by atoms with Crippen LogP contribution in [0.3, 0.4) is 0 Å². The summed E-state index contributed by atoms with van der Waals surface area (Å²) in [6, 6.07) is 7.76. The zero-order chi connectivity index (χ0) is 16.9. The normalized spacial score (nSPS) is 20.2. The van der Waals surface area contributed by atoms with Crippen LogP contribution in [0, 0.1) is 5.92 Å². The Kier molecular flexibility index (Phi) is 5.48. The molecule has 2 fully saturated rings. The van der Waals surface area contributed by atoms with E-state index >= 15 is 0 Å². The molecule has 0 spiro atoms. The van der Waals surface area contributed by atoms with Crippen molar-refractivity contribution in [3.05, 3.63) is 24.3 Å². The first-order valence-corrected chi connectivity index (χ1v) is 8.59. The van der Waals surface area contributed by atoms with Crippen molar-refractivity contribution < 1.29 is 14.3 Å². The number of carbonyl (C=O) groups excluding carboxylic acids is 2. The average molecular weight is 331 g/mol. The maximum Gasteiger partial charge on any atom is 0.238 e. The molecule has 1 atom stereocenters. The molecular weight excluding hydrogens is 306 g/mol. The highest BCUT2D eigenvalue weighted by molar-refractivity contribution is 5.94. The fraction of sp³-hybridized carbons (Fsp3) is 0.556. The van der Waals surface area contributed by atoms with Crippen LogP contribution in [-0.2, 0) is 14.3 Å². The first-order chi connectivity index (χ1) is 11.6. The molecule has 0 radical (unpaired) electrons. The lowest BCUT2D eigenvalue weighted by molar-refractivity contribution is -0.117. The van der Waals surface area contributed by atoms with Crippen LogP contribution in [0.2, 0.25) is 0 Å². The van der Waals surface area contributed by atoms with Gasteiger partial charge in [-0.3, -0.25) is 14.5 Å². The lowest BCUT2D eigenvalue weighted by atomic mass is 10.1. The molecule has 24 heavy (non-hydrogen) atoms. The summed E-state index contributed by atoms with van der Waals surface area (Å²) in [5.41, 5.74) is 1.38. The highest BCUT2D eigenvalue weighted by atomic mass is 16.5. The Bertz CT molecular complexity index is 595. The fourth-order valence-electron chi connectivity index (χ4n) is 3.10. The van der Waals surface area contributed by atoms with E-state index < -0.39 is 0 Å². The molecule has 1 aliphatic heterocycles. The number of carbonyl (C=O) groups is 2. The second-order valence-electron chi connectivity index (χ2n) is 6.70. The van der Waals surface area contributed by atoms with Gasteiger partial charge in [-0.25, -0.2) is 0 Å². The van der Waals surface area contributed by atoms with Crippen LogP contribution >= 0.6 is 0 Å². The summed E-state index contributed by atoms with van der Waals surface area (Å²) >= 11 is 0. The fourth-order valence-corrected chi connectivity index (χ4v) is 3.10. The summed E-state index contributed by atoms with van der Waals surface area (Å²) < 4.78 is 5.44. The summed E-state index contributed by atoms with van der Waals surface area (Å²) in [6.07, 6.45) is 3.45. The molecular formula is C18H25N3O3. The highest BCUT2D eigenvalue weighted by Gasteiger charge is 2.32. The van der Waals surface area contributed by atoms with Crippen LogP contribution < -0.4 is 10.6 Å². The molecule has 3 rings (SSSR count). The van der Waals surface area contributed by atoms with Gasteiger partial charge in [-0.2, -0.15) is 0 Å². The predicted octanol–water partition coefficient (Wildman–Crippen LogP) is 2.08. The third kappa shape index (κ3) is 5.04. The third-order valence-electron chi connectivity index (χ3n) is 4.39. The average Bonchev–Trinajstić information content (AvgIpc) is 3.24. The zero-order valence-electron chi connectivity index (χ0n) is 14.1. The van der Waals surface area contributed by atoms with E-state index in [-0.39, 0.29) is 11.8 Å². The minimum Gasteiger partial charge on any atom is -0.381 e. The van der Waals surface area contributed by atoms with E-state index in [9.17, 15) is 9.59 Å². The minimum atomic E-state index is -0.128. The highest BCUT2D eigenvalue weighted by Crippen LogP contribution is 2.28. The van der Waals surface area contributed by atoms with Gasteiger partial charge in [0.15, 0.2) is 0 Å². The van der Waals surface area contributed by atoms with Crippen LogP contribution in [0.5, 0.6) is 0 Å². The second-order valence-corrected chi connectivity index (χ2v) is 6.70. The van der Waals surface area contributed by atoms with Gasteiger partial charge in [0.25, 0.3) is 0 Å². The first-order valence-electron chi connectivity index (χ1n) is 8.59. The number of ether oxygens (including phenoxy) is 1. The molecule has 1 heterocycles. The number of hydrogen-bond acceptors (Lipinski definition) is 4. The van der Waals surface area contributed by atoms with E-state index in [4.69, 9.17) is 4.74 Å². The smallest absolute Gasteiger partial charge is 0.238 e. The van der Waals surface area contributed by atoms with Crippen LogP contribution in [0.15, 0.2) is 24.3 Å². The number of rotatable bonds is 7. The topological polar surface area (TPSA) is 70.7 Å². The molecule has 6 nitrogen and oxygen atoms in total. The van der Waals surface area contributed by atoms with Gasteiger partial charge in [-0.1, -0.05) is 6.07 Å². The lowest BCUT2D eigenvalue weighted by Crippen LogP contribution is -2.38. The van der Waals surface area contributed by atoms with E-state index in [2.05, 4.69) is 15.5 Å². The van der Waals surface area contributed by atoms with Gasteiger partial charge >= 0.3 is 0 Å². The zero-order valence-corrected chi connectivity index (χ0v) is 14.1. The maximum absolute atomic E-state index is 12.4. The van der Waals surface area contributed by atoms with Gasteiger partial charge in [0.05, 0.1) is 13.2 Å². The molecule has 2 aliphatic rings. The Balaban J connectivity index is 1.54. The molecule has 1 unspecified atom stereocenters. The van der Waals surface area contributed by atoms with Crippen molar-refractivity contribution in [1.82, 2.24) is 4.90 Å². The van der Waals surface area contributed by atoms with Crippen LogP contribution in [0.25, 0.3) is 0 Å². The van der Waals surface area contributed by atoms with E-state index in [0.717, 1.165) is 26.2 Å². The van der Waals surface area contributed by atoms with Crippen molar-refractivity contribution >= 4 is 23.2 Å². The van der Waals surface area contributed by atoms with Gasteiger partial charge in [-0.15, -0.1) is 0 Å². The monoisotopic (exact) mass is 331 g/mol. The van der Waals surface area contributed by atoms with Crippen molar-refractivity contribution in [3.8, 4) is 0 Å². The number of nitrogens with zero attached hydrogens (tertiary/aromatic N) is 1. The summed E-state index contributed by atoms with van der Waals surface area (Å²) in [5.74, 6) is 0.402. The summed E-state index contributed by atoms with van der Waals surface area (Å²) in [4.78, 5) is 25.8. The van der Waals surface area contributed by atoms with Gasteiger partial charge in [0.2, 0.25) is 11.8 Å². The Labute approximate surface area is 142 Å². The third-order valence-corrected chi connectivity index (χ3v) is 4.39. The van der Waals surface area contributed by atoms with Crippen LogP contribution in [0.4, 0.5) is 11.4 Å². The molecule has 2 N–H and O–H groups in total. The van der Waals surface area contributed by atoms with E-state index in [1.165, 1.54) is 19.8 Å². The van der Waals surface area contributed by atoms with Crippen molar-refractivity contribution in [3.63, 3.8) is 0 Å². The number of amides is 2. The van der Waals surface area contributed by atoms with Crippen LogP contribution in [0.1, 0.15) is 26.2 Å². The standard InChI is InChI=1S/C18H25N3O3/c1-13(22)19-15-3-2-4-16(9-15)20-18(23)11-21(17-5-6-17)10-14-7-8-24-12-14/h2-4,9,14,17H,5-8,10-12H2,1H3,(H,19,22)(H,20,23). The molecule has 1 aromatic rings. The van der Waals surface area contributed by atoms with Gasteiger partial charge in [0.1, 0.15) is 0 Å². The molecule has 2 amide bonds. The summed E-state index contributed by atoms with van der Waals surface area (Å²) in [6.45, 7) is 4.45. The number of nitrogens with one attached hydrogen (secondary N) is 2. The first kappa shape index (κ1) is 16.9. The Hall–Kier alpha value is -1.92.